The van der Waals surface area contributed by atoms with Gasteiger partial charge in [-0.2, -0.15) is 0 Å². The number of likely N-dealkylation sites (N-methyl/N-ethyl adjacent to an activating group) is 1. The van der Waals surface area contributed by atoms with Gasteiger partial charge in [0.25, 0.3) is 5.91 Å². The number of ether oxygens (including phenoxy) is 1. The standard InChI is InChI=1S/C13H16FNO2/c1-9(2)8-15(3)13(16)11-6-5-10(17-4)7-12(11)14/h5-7H,1,8H2,2-4H3. The van der Waals surface area contributed by atoms with E-state index in [2.05, 4.69) is 6.58 Å². The minimum absolute atomic E-state index is 0.0366. The van der Waals surface area contributed by atoms with Crippen LogP contribution in [0.15, 0.2) is 30.4 Å². The van der Waals surface area contributed by atoms with Crippen LogP contribution in [0.2, 0.25) is 0 Å². The molecule has 92 valence electrons. The Hall–Kier alpha value is -1.84. The van der Waals surface area contributed by atoms with Crippen LogP contribution in [0.3, 0.4) is 0 Å². The summed E-state index contributed by atoms with van der Waals surface area (Å²) in [4.78, 5) is 13.3. The fraction of sp³-hybridized carbons (Fsp3) is 0.308. The molecule has 0 saturated heterocycles. The highest BCUT2D eigenvalue weighted by Gasteiger charge is 2.16. The second kappa shape index (κ2) is 5.48. The van der Waals surface area contributed by atoms with Gasteiger partial charge in [0, 0.05) is 19.7 Å². The van der Waals surface area contributed by atoms with Crippen LogP contribution in [0.25, 0.3) is 0 Å². The number of halogens is 1. The van der Waals surface area contributed by atoms with Gasteiger partial charge < -0.3 is 9.64 Å². The smallest absolute Gasteiger partial charge is 0.256 e. The molecule has 0 bridgehead atoms. The zero-order chi connectivity index (χ0) is 13.0. The van der Waals surface area contributed by atoms with Gasteiger partial charge in [-0.25, -0.2) is 4.39 Å². The van der Waals surface area contributed by atoms with Crippen molar-refractivity contribution < 1.29 is 13.9 Å². The predicted octanol–water partition coefficient (Wildman–Crippen LogP) is 2.48. The lowest BCUT2D eigenvalue weighted by molar-refractivity contribution is 0.0802. The molecule has 0 saturated carbocycles. The SMILES string of the molecule is C=C(C)CN(C)C(=O)c1ccc(OC)cc1F. The van der Waals surface area contributed by atoms with E-state index in [9.17, 15) is 9.18 Å². The lowest BCUT2D eigenvalue weighted by Gasteiger charge is -2.17. The van der Waals surface area contributed by atoms with Crippen LogP contribution in [-0.2, 0) is 0 Å². The Kier molecular flexibility index (Phi) is 4.26. The number of carbonyl (C=O) groups excluding carboxylic acids is 1. The van der Waals surface area contributed by atoms with Crippen molar-refractivity contribution in [2.75, 3.05) is 20.7 Å². The van der Waals surface area contributed by atoms with E-state index in [1.807, 2.05) is 6.92 Å². The molecule has 0 atom stereocenters. The summed E-state index contributed by atoms with van der Waals surface area (Å²) in [6.07, 6.45) is 0. The summed E-state index contributed by atoms with van der Waals surface area (Å²) in [7, 11) is 3.06. The van der Waals surface area contributed by atoms with Gasteiger partial charge in [0.15, 0.2) is 0 Å². The van der Waals surface area contributed by atoms with Crippen molar-refractivity contribution in [1.29, 1.82) is 0 Å². The third-order valence-corrected chi connectivity index (χ3v) is 2.26. The summed E-state index contributed by atoms with van der Waals surface area (Å²) in [6.45, 7) is 5.93. The molecule has 3 nitrogen and oxygen atoms in total. The Labute approximate surface area is 100 Å². The molecule has 0 aliphatic rings. The maximum atomic E-state index is 13.6. The van der Waals surface area contributed by atoms with Crippen molar-refractivity contribution in [2.45, 2.75) is 6.92 Å². The summed E-state index contributed by atoms with van der Waals surface area (Å²) in [5.74, 6) is -0.558. The number of benzene rings is 1. The maximum absolute atomic E-state index is 13.6. The summed E-state index contributed by atoms with van der Waals surface area (Å²) >= 11 is 0. The minimum atomic E-state index is -0.581. The highest BCUT2D eigenvalue weighted by Crippen LogP contribution is 2.17. The number of nitrogens with zero attached hydrogens (tertiary/aromatic N) is 1. The van der Waals surface area contributed by atoms with E-state index < -0.39 is 5.82 Å². The molecule has 0 aromatic heterocycles. The first kappa shape index (κ1) is 13.2. The zero-order valence-corrected chi connectivity index (χ0v) is 10.3. The Morgan fingerprint density at radius 3 is 2.65 bits per heavy atom. The van der Waals surface area contributed by atoms with Gasteiger partial charge >= 0.3 is 0 Å². The summed E-state index contributed by atoms with van der Waals surface area (Å²) in [5, 5.41) is 0. The molecule has 0 spiro atoms. The van der Waals surface area contributed by atoms with Gasteiger partial charge in [-0.15, -0.1) is 0 Å². The first-order chi connectivity index (χ1) is 7.95. The first-order valence-electron chi connectivity index (χ1n) is 5.19. The second-order valence-electron chi connectivity index (χ2n) is 3.96. The molecule has 4 heteroatoms. The topological polar surface area (TPSA) is 29.5 Å². The molecular formula is C13H16FNO2. The summed E-state index contributed by atoms with van der Waals surface area (Å²) < 4.78 is 18.5. The third kappa shape index (κ3) is 3.31. The fourth-order valence-corrected chi connectivity index (χ4v) is 1.48. The Balaban J connectivity index is 2.92. The van der Waals surface area contributed by atoms with Gasteiger partial charge in [-0.3, -0.25) is 4.79 Å². The van der Waals surface area contributed by atoms with Gasteiger partial charge in [0.2, 0.25) is 0 Å². The van der Waals surface area contributed by atoms with Crippen molar-refractivity contribution in [2.24, 2.45) is 0 Å². The molecule has 1 aromatic carbocycles. The molecule has 0 aliphatic heterocycles. The van der Waals surface area contributed by atoms with Crippen LogP contribution in [0.1, 0.15) is 17.3 Å². The second-order valence-corrected chi connectivity index (χ2v) is 3.96. The quantitative estimate of drug-likeness (QED) is 0.753. The summed E-state index contributed by atoms with van der Waals surface area (Å²) in [6, 6.07) is 4.18. The van der Waals surface area contributed by atoms with Crippen LogP contribution in [-0.4, -0.2) is 31.5 Å². The Morgan fingerprint density at radius 2 is 2.18 bits per heavy atom. The van der Waals surface area contributed by atoms with E-state index in [4.69, 9.17) is 4.74 Å². The molecule has 0 heterocycles. The predicted molar refractivity (Wildman–Crippen MR) is 64.7 cm³/mol. The zero-order valence-electron chi connectivity index (χ0n) is 10.3. The van der Waals surface area contributed by atoms with Crippen LogP contribution in [0.5, 0.6) is 5.75 Å². The lowest BCUT2D eigenvalue weighted by Crippen LogP contribution is -2.28. The highest BCUT2D eigenvalue weighted by atomic mass is 19.1. The molecule has 1 amide bonds. The van der Waals surface area contributed by atoms with Gasteiger partial charge in [0.1, 0.15) is 11.6 Å². The average Bonchev–Trinajstić information content (AvgIpc) is 2.27. The molecule has 17 heavy (non-hydrogen) atoms. The number of hydrogen-bond acceptors (Lipinski definition) is 2. The number of rotatable bonds is 4. The van der Waals surface area contributed by atoms with Crippen molar-refractivity contribution in [3.8, 4) is 5.75 Å². The van der Waals surface area contributed by atoms with E-state index in [0.717, 1.165) is 5.57 Å². The van der Waals surface area contributed by atoms with E-state index in [-0.39, 0.29) is 11.5 Å². The fourth-order valence-electron chi connectivity index (χ4n) is 1.48. The van der Waals surface area contributed by atoms with Crippen LogP contribution in [0, 0.1) is 5.82 Å². The number of amides is 1. The van der Waals surface area contributed by atoms with Gasteiger partial charge in [0.05, 0.1) is 12.7 Å². The monoisotopic (exact) mass is 237 g/mol. The van der Waals surface area contributed by atoms with Crippen LogP contribution < -0.4 is 4.74 Å². The lowest BCUT2D eigenvalue weighted by atomic mass is 10.1. The third-order valence-electron chi connectivity index (χ3n) is 2.26. The van der Waals surface area contributed by atoms with E-state index >= 15 is 0 Å². The summed E-state index contributed by atoms with van der Waals surface area (Å²) in [5.41, 5.74) is 0.879. The van der Waals surface area contributed by atoms with Crippen LogP contribution in [0.4, 0.5) is 4.39 Å². The molecule has 0 fully saturated rings. The molecular weight excluding hydrogens is 221 g/mol. The van der Waals surface area contributed by atoms with Crippen molar-refractivity contribution in [3.63, 3.8) is 0 Å². The molecule has 1 rings (SSSR count). The Bertz CT molecular complexity index is 443. The molecule has 0 N–H and O–H groups in total. The molecule has 0 aliphatic carbocycles. The maximum Gasteiger partial charge on any atom is 0.256 e. The molecule has 0 unspecified atom stereocenters. The number of methoxy groups -OCH3 is 1. The first-order valence-corrected chi connectivity index (χ1v) is 5.19. The van der Waals surface area contributed by atoms with Crippen LogP contribution >= 0.6 is 0 Å². The van der Waals surface area contributed by atoms with Crippen molar-refractivity contribution in [3.05, 3.63) is 41.7 Å². The highest BCUT2D eigenvalue weighted by molar-refractivity contribution is 5.94. The average molecular weight is 237 g/mol. The largest absolute Gasteiger partial charge is 0.497 e. The normalized spacial score (nSPS) is 9.88. The van der Waals surface area contributed by atoms with E-state index in [1.165, 1.54) is 24.1 Å². The van der Waals surface area contributed by atoms with Crippen molar-refractivity contribution >= 4 is 5.91 Å². The number of carbonyl (C=O) groups is 1. The van der Waals surface area contributed by atoms with Gasteiger partial charge in [-0.1, -0.05) is 12.2 Å². The molecule has 1 aromatic rings. The Morgan fingerprint density at radius 1 is 1.53 bits per heavy atom. The minimum Gasteiger partial charge on any atom is -0.497 e. The van der Waals surface area contributed by atoms with E-state index in [1.54, 1.807) is 13.1 Å². The number of hydrogen-bond donors (Lipinski definition) is 0. The van der Waals surface area contributed by atoms with Gasteiger partial charge in [-0.05, 0) is 19.1 Å². The van der Waals surface area contributed by atoms with E-state index in [0.29, 0.717) is 12.3 Å². The molecule has 0 radical (unpaired) electrons. The van der Waals surface area contributed by atoms with Crippen molar-refractivity contribution in [1.82, 2.24) is 4.90 Å².